The summed E-state index contributed by atoms with van der Waals surface area (Å²) in [6, 6.07) is 0.755. The summed E-state index contributed by atoms with van der Waals surface area (Å²) < 4.78 is 2.30. The molecule has 2 aliphatic rings. The number of hydrogen-bond acceptors (Lipinski definition) is 6. The SMILES string of the molecule is CCNc1ncc(-c2nccn2C[C@@H]2CCCN3CCCC[C@H]23)cn1.O=CO. The van der Waals surface area contributed by atoms with Crippen molar-refractivity contribution in [1.82, 2.24) is 24.4 Å². The van der Waals surface area contributed by atoms with E-state index in [2.05, 4.69) is 35.9 Å². The Morgan fingerprint density at radius 2 is 1.93 bits per heavy atom. The van der Waals surface area contributed by atoms with Gasteiger partial charge in [0, 0.05) is 43.9 Å². The fraction of sp³-hybridized carbons (Fsp3) is 0.600. The van der Waals surface area contributed by atoms with Crippen molar-refractivity contribution in [3.8, 4) is 11.4 Å². The molecule has 8 heteroatoms. The molecular weight excluding hydrogens is 356 g/mol. The Hall–Kier alpha value is -2.48. The van der Waals surface area contributed by atoms with Crippen LogP contribution in [0.3, 0.4) is 0 Å². The summed E-state index contributed by atoms with van der Waals surface area (Å²) in [6.45, 7) is 6.25. The molecule has 0 bridgehead atoms. The molecule has 2 aromatic rings. The van der Waals surface area contributed by atoms with Crippen LogP contribution in [-0.4, -0.2) is 61.7 Å². The highest BCUT2D eigenvalue weighted by Gasteiger charge is 2.33. The summed E-state index contributed by atoms with van der Waals surface area (Å²) in [5.41, 5.74) is 0.989. The number of carbonyl (C=O) groups is 1. The molecule has 8 nitrogen and oxygen atoms in total. The monoisotopic (exact) mass is 386 g/mol. The molecule has 28 heavy (non-hydrogen) atoms. The number of carboxylic acid groups (broad SMARTS) is 1. The smallest absolute Gasteiger partial charge is 0.290 e. The number of rotatable bonds is 5. The maximum Gasteiger partial charge on any atom is 0.290 e. The quantitative estimate of drug-likeness (QED) is 0.763. The lowest BCUT2D eigenvalue weighted by atomic mass is 9.83. The summed E-state index contributed by atoms with van der Waals surface area (Å²) in [5.74, 6) is 2.38. The van der Waals surface area contributed by atoms with Crippen LogP contribution in [0.25, 0.3) is 11.4 Å². The van der Waals surface area contributed by atoms with E-state index in [9.17, 15) is 0 Å². The van der Waals surface area contributed by atoms with Crippen molar-refractivity contribution in [2.45, 2.75) is 51.6 Å². The van der Waals surface area contributed by atoms with Crippen LogP contribution in [-0.2, 0) is 11.3 Å². The molecular formula is C20H30N6O2. The van der Waals surface area contributed by atoms with Crippen molar-refractivity contribution in [1.29, 1.82) is 0 Å². The molecule has 2 aliphatic heterocycles. The molecule has 0 spiro atoms. The number of anilines is 1. The number of aromatic nitrogens is 4. The third-order valence-corrected chi connectivity index (χ3v) is 5.62. The minimum Gasteiger partial charge on any atom is -0.483 e. The Labute approximate surface area is 166 Å². The van der Waals surface area contributed by atoms with Gasteiger partial charge in [0.05, 0.1) is 5.56 Å². The molecule has 0 radical (unpaired) electrons. The van der Waals surface area contributed by atoms with Crippen LogP contribution in [0.1, 0.15) is 39.0 Å². The first-order valence-corrected chi connectivity index (χ1v) is 10.2. The van der Waals surface area contributed by atoms with Crippen LogP contribution in [0.4, 0.5) is 5.95 Å². The van der Waals surface area contributed by atoms with E-state index in [-0.39, 0.29) is 6.47 Å². The van der Waals surface area contributed by atoms with Gasteiger partial charge in [-0.15, -0.1) is 0 Å². The number of hydrogen-bond donors (Lipinski definition) is 2. The lowest BCUT2D eigenvalue weighted by Crippen LogP contribution is -2.49. The number of fused-ring (bicyclic) bond motifs is 1. The zero-order valence-electron chi connectivity index (χ0n) is 16.5. The zero-order valence-corrected chi connectivity index (χ0v) is 16.5. The number of piperidine rings is 2. The van der Waals surface area contributed by atoms with Gasteiger partial charge in [-0.1, -0.05) is 6.42 Å². The second kappa shape index (κ2) is 10.2. The summed E-state index contributed by atoms with van der Waals surface area (Å²) in [7, 11) is 0. The molecule has 2 atom stereocenters. The molecule has 0 saturated carbocycles. The van der Waals surface area contributed by atoms with Gasteiger partial charge in [-0.3, -0.25) is 4.79 Å². The Balaban J connectivity index is 0.000000706. The Kier molecular flexibility index (Phi) is 7.36. The highest BCUT2D eigenvalue weighted by molar-refractivity contribution is 5.53. The van der Waals surface area contributed by atoms with Crippen molar-refractivity contribution in [2.24, 2.45) is 5.92 Å². The number of nitrogens with zero attached hydrogens (tertiary/aromatic N) is 5. The minimum absolute atomic E-state index is 0.250. The molecule has 0 amide bonds. The second-order valence-electron chi connectivity index (χ2n) is 7.34. The van der Waals surface area contributed by atoms with E-state index in [0.29, 0.717) is 5.95 Å². The third kappa shape index (κ3) is 4.86. The second-order valence-corrected chi connectivity index (χ2v) is 7.34. The van der Waals surface area contributed by atoms with Crippen LogP contribution in [0, 0.1) is 5.92 Å². The molecule has 4 heterocycles. The van der Waals surface area contributed by atoms with Crippen LogP contribution in [0.15, 0.2) is 24.8 Å². The summed E-state index contributed by atoms with van der Waals surface area (Å²) in [6.07, 6.45) is 14.5. The van der Waals surface area contributed by atoms with Crippen molar-refractivity contribution in [3.63, 3.8) is 0 Å². The highest BCUT2D eigenvalue weighted by atomic mass is 16.3. The molecule has 152 valence electrons. The molecule has 2 fully saturated rings. The Morgan fingerprint density at radius 3 is 2.68 bits per heavy atom. The number of nitrogens with one attached hydrogen (secondary N) is 1. The minimum atomic E-state index is -0.250. The van der Waals surface area contributed by atoms with Crippen LogP contribution < -0.4 is 5.32 Å². The Morgan fingerprint density at radius 1 is 1.18 bits per heavy atom. The molecule has 0 aromatic carbocycles. The van der Waals surface area contributed by atoms with Crippen molar-refractivity contribution < 1.29 is 9.90 Å². The van der Waals surface area contributed by atoms with Crippen LogP contribution in [0.5, 0.6) is 0 Å². The van der Waals surface area contributed by atoms with Gasteiger partial charge in [0.15, 0.2) is 0 Å². The van der Waals surface area contributed by atoms with Crippen LogP contribution in [0.2, 0.25) is 0 Å². The zero-order chi connectivity index (χ0) is 19.8. The lowest BCUT2D eigenvalue weighted by molar-refractivity contribution is -0.122. The molecule has 0 unspecified atom stereocenters. The highest BCUT2D eigenvalue weighted by Crippen LogP contribution is 2.32. The van der Waals surface area contributed by atoms with E-state index in [0.717, 1.165) is 36.4 Å². The molecule has 2 N–H and O–H groups in total. The fourth-order valence-corrected chi connectivity index (χ4v) is 4.45. The topological polar surface area (TPSA) is 96.2 Å². The molecule has 2 aromatic heterocycles. The van der Waals surface area contributed by atoms with Gasteiger partial charge < -0.3 is 19.9 Å². The number of imidazole rings is 1. The maximum atomic E-state index is 8.36. The standard InChI is InChI=1S/C19H28N6.CH2O2/c1-2-20-19-22-12-16(13-23-19)18-21-8-11-25(18)14-15-6-5-10-24-9-4-3-7-17(15)24;2-1-3/h8,11-13,15,17H,2-7,9-10,14H2,1H3,(H,20,22,23);1H,(H,2,3)/t15-,17+;/m0./s1. The molecule has 4 rings (SSSR count). The predicted molar refractivity (Wildman–Crippen MR) is 108 cm³/mol. The molecule has 0 aliphatic carbocycles. The maximum absolute atomic E-state index is 8.36. The van der Waals surface area contributed by atoms with E-state index in [1.165, 1.54) is 45.2 Å². The van der Waals surface area contributed by atoms with E-state index in [1.807, 2.05) is 25.5 Å². The lowest BCUT2D eigenvalue weighted by Gasteiger charge is -2.44. The van der Waals surface area contributed by atoms with Gasteiger partial charge in [-0.25, -0.2) is 15.0 Å². The van der Waals surface area contributed by atoms with Gasteiger partial charge >= 0.3 is 0 Å². The van der Waals surface area contributed by atoms with E-state index >= 15 is 0 Å². The predicted octanol–water partition coefficient (Wildman–Crippen LogP) is 2.74. The largest absolute Gasteiger partial charge is 0.483 e. The average Bonchev–Trinajstić information content (AvgIpc) is 3.18. The average molecular weight is 387 g/mol. The van der Waals surface area contributed by atoms with E-state index in [1.54, 1.807) is 0 Å². The van der Waals surface area contributed by atoms with E-state index in [4.69, 9.17) is 9.90 Å². The first kappa shape index (κ1) is 20.3. The van der Waals surface area contributed by atoms with Crippen molar-refractivity contribution >= 4 is 12.4 Å². The van der Waals surface area contributed by atoms with Gasteiger partial charge in [0.1, 0.15) is 5.82 Å². The van der Waals surface area contributed by atoms with Gasteiger partial charge in [0.2, 0.25) is 5.95 Å². The fourth-order valence-electron chi connectivity index (χ4n) is 4.45. The van der Waals surface area contributed by atoms with Crippen LogP contribution >= 0.6 is 0 Å². The van der Waals surface area contributed by atoms with E-state index < -0.39 is 0 Å². The third-order valence-electron chi connectivity index (χ3n) is 5.62. The van der Waals surface area contributed by atoms with Crippen molar-refractivity contribution in [3.05, 3.63) is 24.8 Å². The summed E-state index contributed by atoms with van der Waals surface area (Å²) in [5, 5.41) is 10.0. The first-order valence-electron chi connectivity index (χ1n) is 10.2. The van der Waals surface area contributed by atoms with Crippen molar-refractivity contribution in [2.75, 3.05) is 25.0 Å². The first-order chi connectivity index (χ1) is 13.8. The van der Waals surface area contributed by atoms with Gasteiger partial charge in [0.25, 0.3) is 6.47 Å². The normalized spacial score (nSPS) is 21.9. The van der Waals surface area contributed by atoms with Gasteiger partial charge in [-0.2, -0.15) is 0 Å². The molecule has 2 saturated heterocycles. The summed E-state index contributed by atoms with van der Waals surface area (Å²) >= 11 is 0. The van der Waals surface area contributed by atoms with Gasteiger partial charge in [-0.05, 0) is 51.6 Å². The summed E-state index contributed by atoms with van der Waals surface area (Å²) in [4.78, 5) is 24.5. The Bertz CT molecular complexity index is 731.